The van der Waals surface area contributed by atoms with Gasteiger partial charge in [-0.2, -0.15) is 0 Å². The van der Waals surface area contributed by atoms with Crippen LogP contribution in [-0.2, 0) is 0 Å². The minimum Gasteiger partial charge on any atom is -0.0683 e. The van der Waals surface area contributed by atoms with Gasteiger partial charge in [-0.25, -0.2) is 0 Å². The molecule has 0 N–H and O–H groups in total. The van der Waals surface area contributed by atoms with Gasteiger partial charge >= 0.3 is 0 Å². The van der Waals surface area contributed by atoms with Gasteiger partial charge in [0.2, 0.25) is 0 Å². The van der Waals surface area contributed by atoms with E-state index in [9.17, 15) is 0 Å². The Labute approximate surface area is 96.5 Å². The van der Waals surface area contributed by atoms with Crippen molar-refractivity contribution in [2.24, 2.45) is 5.92 Å². The molecular formula is C14H37+3. The number of rotatable bonds is 0. The zero-order valence-electron chi connectivity index (χ0n) is 12.7. The second kappa shape index (κ2) is 250. The van der Waals surface area contributed by atoms with Crippen molar-refractivity contribution >= 4 is 0 Å². The van der Waals surface area contributed by atoms with Crippen LogP contribution in [0.15, 0.2) is 0 Å². The van der Waals surface area contributed by atoms with E-state index in [1.807, 2.05) is 41.5 Å². The molecule has 0 bridgehead atoms. The largest absolute Gasteiger partial charge is 0.0897 e. The maximum atomic E-state index is 3.64. The molecule has 0 rings (SSSR count). The Kier molecular flexibility index (Phi) is 666. The van der Waals surface area contributed by atoms with Gasteiger partial charge in [0.15, 0.2) is 0 Å². The zero-order valence-corrected chi connectivity index (χ0v) is 12.7. The summed E-state index contributed by atoms with van der Waals surface area (Å²) in [6.45, 7) is 29.8. The minimum atomic E-state index is 0.583. The van der Waals surface area contributed by atoms with Crippen LogP contribution in [0.5, 0.6) is 0 Å². The third-order valence-corrected chi connectivity index (χ3v) is 0. The van der Waals surface area contributed by atoms with E-state index in [0.29, 0.717) is 5.92 Å². The summed E-state index contributed by atoms with van der Waals surface area (Å²) in [5.41, 5.74) is 0. The molecule has 90 valence electrons. The highest BCUT2D eigenvalue weighted by atomic mass is 13.7. The molecule has 0 amide bonds. The van der Waals surface area contributed by atoms with Crippen LogP contribution < -0.4 is 0 Å². The molecule has 0 unspecified atom stereocenters. The summed E-state index contributed by atoms with van der Waals surface area (Å²) in [5.74, 6) is 0.583. The molecule has 0 spiro atoms. The quantitative estimate of drug-likeness (QED) is 0.411. The van der Waals surface area contributed by atoms with Crippen LogP contribution in [0.2, 0.25) is 0 Å². The Morgan fingerprint density at radius 2 is 0.571 bits per heavy atom. The highest BCUT2D eigenvalue weighted by molar-refractivity contribution is 4.38. The van der Waals surface area contributed by atoms with Crippen molar-refractivity contribution < 1.29 is 0 Å². The minimum absolute atomic E-state index is 0.583. The summed E-state index contributed by atoms with van der Waals surface area (Å²) in [4.78, 5) is 0. The van der Waals surface area contributed by atoms with Crippen molar-refractivity contribution in [2.45, 2.75) is 69.2 Å². The second-order valence-corrected chi connectivity index (χ2v) is 1.39. The molecule has 0 radical (unpaired) electrons. The van der Waals surface area contributed by atoms with Crippen LogP contribution in [-0.4, -0.2) is 0 Å². The van der Waals surface area contributed by atoms with E-state index < -0.39 is 0 Å². The lowest BCUT2D eigenvalue weighted by Gasteiger charge is -1.68. The van der Waals surface area contributed by atoms with Gasteiger partial charge in [-0.1, -0.05) is 41.5 Å². The number of hydrogen-bond acceptors (Lipinski definition) is 0. The molecule has 0 atom stereocenters. The van der Waals surface area contributed by atoms with Crippen LogP contribution in [0.1, 0.15) is 69.2 Å². The molecule has 0 aliphatic heterocycles. The van der Waals surface area contributed by atoms with Gasteiger partial charge in [-0.3, -0.25) is 0 Å². The van der Waals surface area contributed by atoms with Gasteiger partial charge in [0.05, 0.1) is 40.5 Å². The van der Waals surface area contributed by atoms with E-state index >= 15 is 0 Å². The molecule has 0 nitrogen and oxygen atoms in total. The Hall–Kier alpha value is -0.390. The van der Waals surface area contributed by atoms with Crippen molar-refractivity contribution in [1.82, 2.24) is 0 Å². The first kappa shape index (κ1) is 37.4. The van der Waals surface area contributed by atoms with E-state index in [2.05, 4.69) is 34.6 Å². The first-order valence-corrected chi connectivity index (χ1v) is 5.98. The molecule has 0 aromatic rings. The lowest BCUT2D eigenvalue weighted by Crippen LogP contribution is -1.67. The van der Waals surface area contributed by atoms with Crippen molar-refractivity contribution in [1.29, 1.82) is 0 Å². The predicted molar refractivity (Wildman–Crippen MR) is 76.3 cm³/mol. The van der Waals surface area contributed by atoms with Crippen LogP contribution in [0, 0.1) is 26.7 Å². The molecule has 0 aliphatic rings. The Balaban J connectivity index is -0.0000000143. The summed E-state index contributed by atoms with van der Waals surface area (Å²) in [6, 6.07) is 0. The van der Waals surface area contributed by atoms with Gasteiger partial charge in [-0.05, 0) is 13.8 Å². The third kappa shape index (κ3) is 8590. The molecule has 14 heavy (non-hydrogen) atoms. The average Bonchev–Trinajstić information content (AvgIpc) is 2.30. The Morgan fingerprint density at radius 1 is 0.571 bits per heavy atom. The van der Waals surface area contributed by atoms with Gasteiger partial charge in [-0.15, -0.1) is 0 Å². The van der Waals surface area contributed by atoms with Gasteiger partial charge in [0, 0.05) is 0 Å². The van der Waals surface area contributed by atoms with Crippen molar-refractivity contribution in [3.05, 3.63) is 20.8 Å². The van der Waals surface area contributed by atoms with Crippen LogP contribution in [0.4, 0.5) is 0 Å². The monoisotopic (exact) mass is 205 g/mol. The fraction of sp³-hybridized carbons (Fsp3) is 0.786. The first-order chi connectivity index (χ1) is 6.73. The van der Waals surface area contributed by atoms with E-state index in [1.54, 1.807) is 13.8 Å². The average molecular weight is 205 g/mol. The lowest BCUT2D eigenvalue weighted by atomic mass is 10.3. The molecule has 0 aliphatic carbocycles. The smallest absolute Gasteiger partial charge is 0.0683 e. The van der Waals surface area contributed by atoms with E-state index in [4.69, 9.17) is 0 Å². The molecule has 0 saturated carbocycles. The Morgan fingerprint density at radius 3 is 0.571 bits per heavy atom. The van der Waals surface area contributed by atoms with Crippen LogP contribution >= 0.6 is 0 Å². The molecular weight excluding hydrogens is 168 g/mol. The van der Waals surface area contributed by atoms with E-state index in [1.165, 1.54) is 0 Å². The molecule has 0 aromatic heterocycles. The summed E-state index contributed by atoms with van der Waals surface area (Å²) in [5, 5.41) is 0. The highest BCUT2D eigenvalue weighted by Crippen LogP contribution is 1.80. The maximum Gasteiger partial charge on any atom is 0.0897 e. The summed E-state index contributed by atoms with van der Waals surface area (Å²) in [6.07, 6.45) is 0. The third-order valence-electron chi connectivity index (χ3n) is 0. The number of hydrogen-bond donors (Lipinski definition) is 0. The predicted octanol–water partition coefficient (Wildman–Crippen LogP) is 6.24. The first-order valence-electron chi connectivity index (χ1n) is 5.98. The molecule has 0 aromatic carbocycles. The molecule has 0 fully saturated rings. The summed E-state index contributed by atoms with van der Waals surface area (Å²) in [7, 11) is 0. The second-order valence-electron chi connectivity index (χ2n) is 1.39. The van der Waals surface area contributed by atoms with Gasteiger partial charge in [0.25, 0.3) is 0 Å². The topological polar surface area (TPSA) is 0 Å². The standard InChI is InChI=1S/C4H9.3C2H6.2C2H5/c1-4(2)3;5*1-2/h4H,1H2,2-3H3;3*1-2H3;2*1H2,2H3/q+1;;;;2*+1. The molecule has 0 saturated heterocycles. The normalized spacial score (nSPS) is 4.50. The van der Waals surface area contributed by atoms with E-state index in [-0.39, 0.29) is 0 Å². The summed E-state index contributed by atoms with van der Waals surface area (Å²) < 4.78 is 0. The van der Waals surface area contributed by atoms with Crippen molar-refractivity contribution in [3.63, 3.8) is 0 Å². The molecule has 0 heterocycles. The fourth-order valence-electron chi connectivity index (χ4n) is 0. The summed E-state index contributed by atoms with van der Waals surface area (Å²) >= 11 is 0. The maximum absolute atomic E-state index is 3.64. The van der Waals surface area contributed by atoms with Gasteiger partial charge in [0.1, 0.15) is 0 Å². The van der Waals surface area contributed by atoms with E-state index in [0.717, 1.165) is 0 Å². The zero-order chi connectivity index (χ0) is 13.6. The SMILES string of the molecule is CC.CC.CC.[CH2+]C.[CH2+]C.[CH2+]C(C)C. The highest BCUT2D eigenvalue weighted by Gasteiger charge is 1.78. The van der Waals surface area contributed by atoms with Crippen LogP contribution in [0.3, 0.4) is 0 Å². The van der Waals surface area contributed by atoms with Crippen molar-refractivity contribution in [2.75, 3.05) is 0 Å². The van der Waals surface area contributed by atoms with Crippen molar-refractivity contribution in [3.8, 4) is 0 Å². The molecule has 0 heteroatoms. The lowest BCUT2D eigenvalue weighted by molar-refractivity contribution is 0.827. The van der Waals surface area contributed by atoms with Crippen LogP contribution in [0.25, 0.3) is 0 Å². The van der Waals surface area contributed by atoms with Gasteiger partial charge < -0.3 is 0 Å². The Bertz CT molecular complexity index is 4.75. The fourth-order valence-corrected chi connectivity index (χ4v) is 0.